The highest BCUT2D eigenvalue weighted by Crippen LogP contribution is 2.39. The Morgan fingerprint density at radius 1 is 0.935 bits per heavy atom. The van der Waals surface area contributed by atoms with Gasteiger partial charge in [-0.25, -0.2) is 0 Å². The Balaban J connectivity index is 1.83. The van der Waals surface area contributed by atoms with Crippen molar-refractivity contribution in [3.63, 3.8) is 0 Å². The minimum absolute atomic E-state index is 0.0914. The Morgan fingerprint density at radius 3 is 2.23 bits per heavy atom. The second kappa shape index (κ2) is 10.2. The molecule has 7 heteroatoms. The van der Waals surface area contributed by atoms with Crippen molar-refractivity contribution in [2.24, 2.45) is 0 Å². The standard InChI is InChI=1S/C24H26BrNO4S/c1-4-18-8-10-20(11-9-18)26-16-19-14-22(25)24(23(15-19)29-5-2)30-31(27,28)21-12-6-17(3)7-13-21/h6-15,26H,4-5,16H2,1-3H3. The highest BCUT2D eigenvalue weighted by molar-refractivity contribution is 9.10. The number of anilines is 1. The molecule has 0 aliphatic heterocycles. The minimum Gasteiger partial charge on any atom is -0.490 e. The van der Waals surface area contributed by atoms with Crippen molar-refractivity contribution in [2.75, 3.05) is 11.9 Å². The summed E-state index contributed by atoms with van der Waals surface area (Å²) in [4.78, 5) is 0.0914. The van der Waals surface area contributed by atoms with Crippen LogP contribution in [0.15, 0.2) is 70.0 Å². The van der Waals surface area contributed by atoms with Gasteiger partial charge >= 0.3 is 10.1 Å². The Bertz CT molecular complexity index is 1130. The van der Waals surface area contributed by atoms with Crippen molar-refractivity contribution < 1.29 is 17.3 Å². The molecule has 0 saturated heterocycles. The molecule has 3 rings (SSSR count). The molecule has 164 valence electrons. The molecule has 0 unspecified atom stereocenters. The van der Waals surface area contributed by atoms with Crippen LogP contribution in [0.3, 0.4) is 0 Å². The zero-order valence-corrected chi connectivity index (χ0v) is 20.2. The molecule has 0 heterocycles. The zero-order chi connectivity index (χ0) is 22.4. The van der Waals surface area contributed by atoms with Crippen LogP contribution >= 0.6 is 15.9 Å². The lowest BCUT2D eigenvalue weighted by molar-refractivity contribution is 0.326. The Kier molecular flexibility index (Phi) is 7.62. The van der Waals surface area contributed by atoms with Crippen molar-refractivity contribution in [3.8, 4) is 11.5 Å². The first-order chi connectivity index (χ1) is 14.8. The van der Waals surface area contributed by atoms with Crippen LogP contribution in [0.1, 0.15) is 30.5 Å². The number of ether oxygens (including phenoxy) is 1. The molecule has 3 aromatic carbocycles. The van der Waals surface area contributed by atoms with E-state index in [1.165, 1.54) is 17.7 Å². The molecule has 1 N–H and O–H groups in total. The van der Waals surface area contributed by atoms with Crippen LogP contribution < -0.4 is 14.2 Å². The summed E-state index contributed by atoms with van der Waals surface area (Å²) >= 11 is 3.45. The maximum atomic E-state index is 12.8. The van der Waals surface area contributed by atoms with E-state index >= 15 is 0 Å². The van der Waals surface area contributed by atoms with Gasteiger partial charge < -0.3 is 14.2 Å². The third-order valence-electron chi connectivity index (χ3n) is 4.73. The van der Waals surface area contributed by atoms with Gasteiger partial charge in [-0.1, -0.05) is 36.8 Å². The molecule has 3 aromatic rings. The molecule has 0 fully saturated rings. The molecule has 0 amide bonds. The van der Waals surface area contributed by atoms with Crippen LogP contribution in [0, 0.1) is 6.92 Å². The number of rotatable bonds is 9. The van der Waals surface area contributed by atoms with E-state index in [1.54, 1.807) is 18.2 Å². The van der Waals surface area contributed by atoms with Crippen molar-refractivity contribution in [1.82, 2.24) is 0 Å². The van der Waals surface area contributed by atoms with Crippen molar-refractivity contribution in [3.05, 3.63) is 81.8 Å². The van der Waals surface area contributed by atoms with Gasteiger partial charge in [0.05, 0.1) is 11.1 Å². The number of hydrogen-bond acceptors (Lipinski definition) is 5. The second-order valence-electron chi connectivity index (χ2n) is 7.09. The quantitative estimate of drug-likeness (QED) is 0.357. The summed E-state index contributed by atoms with van der Waals surface area (Å²) in [7, 11) is -3.99. The summed E-state index contributed by atoms with van der Waals surface area (Å²) in [6.07, 6.45) is 0.998. The van der Waals surface area contributed by atoms with Gasteiger partial charge in [0.1, 0.15) is 4.90 Å². The van der Waals surface area contributed by atoms with Gasteiger partial charge in [-0.2, -0.15) is 8.42 Å². The molecule has 0 radical (unpaired) electrons. The molecule has 5 nitrogen and oxygen atoms in total. The van der Waals surface area contributed by atoms with Crippen LogP contribution in [0.5, 0.6) is 11.5 Å². The number of benzene rings is 3. The maximum Gasteiger partial charge on any atom is 0.339 e. The molecule has 0 spiro atoms. The Hall–Kier alpha value is -2.51. The number of aryl methyl sites for hydroxylation is 2. The molecule has 0 bridgehead atoms. The maximum absolute atomic E-state index is 12.8. The smallest absolute Gasteiger partial charge is 0.339 e. The minimum atomic E-state index is -3.99. The van der Waals surface area contributed by atoms with E-state index in [9.17, 15) is 8.42 Å². The zero-order valence-electron chi connectivity index (χ0n) is 17.8. The third kappa shape index (κ3) is 6.02. The summed E-state index contributed by atoms with van der Waals surface area (Å²) in [5.74, 6) is 0.504. The van der Waals surface area contributed by atoms with Crippen LogP contribution in [-0.2, 0) is 23.1 Å². The summed E-state index contributed by atoms with van der Waals surface area (Å²) in [5.41, 5.74) is 4.18. The van der Waals surface area contributed by atoms with Gasteiger partial charge in [-0.05, 0) is 83.7 Å². The fourth-order valence-corrected chi connectivity index (χ4v) is 4.63. The predicted molar refractivity (Wildman–Crippen MR) is 127 cm³/mol. The van der Waals surface area contributed by atoms with E-state index < -0.39 is 10.1 Å². The van der Waals surface area contributed by atoms with E-state index in [-0.39, 0.29) is 10.6 Å². The van der Waals surface area contributed by atoms with E-state index in [0.717, 1.165) is 23.2 Å². The summed E-state index contributed by atoms with van der Waals surface area (Å²) in [6.45, 7) is 6.79. The lowest BCUT2D eigenvalue weighted by atomic mass is 10.1. The second-order valence-corrected chi connectivity index (χ2v) is 9.49. The van der Waals surface area contributed by atoms with Crippen LogP contribution in [0.4, 0.5) is 5.69 Å². The first-order valence-electron chi connectivity index (χ1n) is 10.1. The molecular formula is C24H26BrNO4S. The van der Waals surface area contributed by atoms with Crippen molar-refractivity contribution in [2.45, 2.75) is 38.6 Å². The lowest BCUT2D eigenvalue weighted by Crippen LogP contribution is -2.12. The number of hydrogen-bond donors (Lipinski definition) is 1. The number of halogens is 1. The van der Waals surface area contributed by atoms with Gasteiger partial charge in [0.15, 0.2) is 11.5 Å². The monoisotopic (exact) mass is 503 g/mol. The highest BCUT2D eigenvalue weighted by Gasteiger charge is 2.22. The first kappa shape index (κ1) is 23.2. The van der Waals surface area contributed by atoms with Gasteiger partial charge in [-0.15, -0.1) is 0 Å². The molecule has 0 aromatic heterocycles. The summed E-state index contributed by atoms with van der Waals surface area (Å²) in [5, 5.41) is 3.37. The van der Waals surface area contributed by atoms with Crippen LogP contribution in [0.25, 0.3) is 0 Å². The van der Waals surface area contributed by atoms with Crippen LogP contribution in [0.2, 0.25) is 0 Å². The first-order valence-corrected chi connectivity index (χ1v) is 12.3. The molecule has 31 heavy (non-hydrogen) atoms. The molecular weight excluding hydrogens is 478 g/mol. The van der Waals surface area contributed by atoms with Crippen molar-refractivity contribution in [1.29, 1.82) is 0 Å². The Labute approximate surface area is 192 Å². The van der Waals surface area contributed by atoms with E-state index in [0.29, 0.717) is 23.4 Å². The van der Waals surface area contributed by atoms with Gasteiger partial charge in [-0.3, -0.25) is 0 Å². The fraction of sp³-hybridized carbons (Fsp3) is 0.250. The lowest BCUT2D eigenvalue weighted by Gasteiger charge is -2.16. The van der Waals surface area contributed by atoms with Crippen molar-refractivity contribution >= 4 is 31.7 Å². The van der Waals surface area contributed by atoms with Gasteiger partial charge in [0.2, 0.25) is 0 Å². The van der Waals surface area contributed by atoms with E-state index in [1.807, 2.05) is 32.0 Å². The van der Waals surface area contributed by atoms with Gasteiger partial charge in [0.25, 0.3) is 0 Å². The van der Waals surface area contributed by atoms with E-state index in [4.69, 9.17) is 8.92 Å². The predicted octanol–water partition coefficient (Wildman–Crippen LogP) is 6.10. The summed E-state index contributed by atoms with van der Waals surface area (Å²) < 4.78 is 37.2. The Morgan fingerprint density at radius 2 is 1.61 bits per heavy atom. The van der Waals surface area contributed by atoms with Gasteiger partial charge in [0, 0.05) is 12.2 Å². The molecule has 0 aliphatic carbocycles. The average molecular weight is 504 g/mol. The topological polar surface area (TPSA) is 64.6 Å². The number of nitrogens with one attached hydrogen (secondary N) is 1. The average Bonchev–Trinajstić information content (AvgIpc) is 2.75. The van der Waals surface area contributed by atoms with Crippen LogP contribution in [-0.4, -0.2) is 15.0 Å². The molecule has 0 aliphatic rings. The normalized spacial score (nSPS) is 11.2. The fourth-order valence-electron chi connectivity index (χ4n) is 2.99. The van der Waals surface area contributed by atoms with E-state index in [2.05, 4.69) is 40.3 Å². The third-order valence-corrected chi connectivity index (χ3v) is 6.56. The largest absolute Gasteiger partial charge is 0.490 e. The molecule has 0 saturated carbocycles. The SMILES string of the molecule is CCOc1cc(CNc2ccc(CC)cc2)cc(Br)c1OS(=O)(=O)c1ccc(C)cc1. The summed E-state index contributed by atoms with van der Waals surface area (Å²) in [6, 6.07) is 18.4. The highest BCUT2D eigenvalue weighted by atomic mass is 79.9. The molecule has 0 atom stereocenters.